The van der Waals surface area contributed by atoms with Crippen LogP contribution in [0, 0.1) is 17.3 Å². The molecule has 0 heterocycles. The molecule has 1 fully saturated rings. The zero-order chi connectivity index (χ0) is 20.6. The van der Waals surface area contributed by atoms with E-state index >= 15 is 0 Å². The first-order valence-corrected chi connectivity index (χ1v) is 26.6. The van der Waals surface area contributed by atoms with Gasteiger partial charge in [0.05, 0.1) is 19.2 Å². The molecule has 0 aromatic heterocycles. The normalized spacial score (nSPS) is 36.6. The first kappa shape index (κ1) is 27.2. The summed E-state index contributed by atoms with van der Waals surface area (Å²) in [7, 11) is 15.6. The summed E-state index contributed by atoms with van der Waals surface area (Å²) in [5, 5.41) is 11.5. The van der Waals surface area contributed by atoms with Crippen LogP contribution in [-0.2, 0) is 4.52 Å². The van der Waals surface area contributed by atoms with Crippen LogP contribution in [0.2, 0.25) is 0 Å². The minimum Gasteiger partial charge on any atom is -0.390 e. The SMILES string of the molecule is CC1=CCC2CC(O)(CC2(C)C)C(C)CC1OP(P(P)P)P(PP)P(P)P. The number of aliphatic hydroxyl groups is 1. The van der Waals surface area contributed by atoms with Gasteiger partial charge >= 0.3 is 0 Å². The molecule has 0 radical (unpaired) electrons. The van der Waals surface area contributed by atoms with Gasteiger partial charge in [-0.2, -0.15) is 0 Å². The highest BCUT2D eigenvalue weighted by Crippen LogP contribution is 3.09. The van der Waals surface area contributed by atoms with Gasteiger partial charge in [0.25, 0.3) is 0 Å². The van der Waals surface area contributed by atoms with Crippen molar-refractivity contribution < 1.29 is 9.63 Å². The van der Waals surface area contributed by atoms with Gasteiger partial charge in [-0.05, 0) is 69.4 Å². The summed E-state index contributed by atoms with van der Waals surface area (Å²) in [5.41, 5.74) is 1.06. The molecule has 0 aliphatic heterocycles. The Kier molecular flexibility index (Phi) is 11.5. The van der Waals surface area contributed by atoms with Crippen LogP contribution in [0.1, 0.15) is 53.4 Å². The molecule has 2 rings (SSSR count). The molecular formula is C15H36O2P10. The van der Waals surface area contributed by atoms with Crippen LogP contribution in [-0.4, -0.2) is 16.8 Å². The fourth-order valence-electron chi connectivity index (χ4n) is 4.31. The van der Waals surface area contributed by atoms with Gasteiger partial charge in [-0.3, -0.25) is 0 Å². The zero-order valence-electron chi connectivity index (χ0n) is 16.7. The molecule has 0 aromatic rings. The molecule has 2 nitrogen and oxygen atoms in total. The fourth-order valence-corrected chi connectivity index (χ4v) is 70.5. The molecule has 27 heavy (non-hydrogen) atoms. The van der Waals surface area contributed by atoms with Gasteiger partial charge in [-0.1, -0.05) is 34.8 Å². The Morgan fingerprint density at radius 1 is 1.22 bits per heavy atom. The molecule has 0 amide bonds. The molecule has 12 heteroatoms. The van der Waals surface area contributed by atoms with Crippen molar-refractivity contribution in [2.45, 2.75) is 65.1 Å². The third-order valence-electron chi connectivity index (χ3n) is 6.10. The molecule has 12 unspecified atom stereocenters. The van der Waals surface area contributed by atoms with Crippen LogP contribution in [0.5, 0.6) is 0 Å². The van der Waals surface area contributed by atoms with E-state index in [0.29, 0.717) is 5.92 Å². The Balaban J connectivity index is 2.28. The second-order valence-corrected chi connectivity index (χ2v) is 43.0. The molecule has 1 N–H and O–H groups in total. The minimum absolute atomic E-state index is 0.113. The lowest BCUT2D eigenvalue weighted by molar-refractivity contribution is -0.0256. The topological polar surface area (TPSA) is 29.5 Å². The van der Waals surface area contributed by atoms with E-state index in [4.69, 9.17) is 4.52 Å². The Hall–Kier alpha value is 3.96. The summed E-state index contributed by atoms with van der Waals surface area (Å²) < 4.78 is 6.93. The molecular weight excluding hydrogens is 522 g/mol. The molecule has 0 aromatic carbocycles. The standard InChI is InChI=1S/C15H36O2P10/c1-10-5-6-12-8-15(16,9-14(12,3)4)11(2)7-13(10)17-24(25(19)20)27(23-18)26(21)22/h5,11-13,16,23H,6-9,18-22H2,1-4H3. The third kappa shape index (κ3) is 6.97. The van der Waals surface area contributed by atoms with Crippen molar-refractivity contribution in [3.05, 3.63) is 11.6 Å². The van der Waals surface area contributed by atoms with Crippen molar-refractivity contribution in [2.75, 3.05) is 0 Å². The Morgan fingerprint density at radius 3 is 2.37 bits per heavy atom. The van der Waals surface area contributed by atoms with Crippen LogP contribution in [0.15, 0.2) is 11.6 Å². The second kappa shape index (κ2) is 11.4. The van der Waals surface area contributed by atoms with Gasteiger partial charge in [0.15, 0.2) is 0 Å². The Labute approximate surface area is 184 Å². The molecule has 2 aliphatic rings. The summed E-state index contributed by atoms with van der Waals surface area (Å²) in [5.74, 6) is 0.835. The molecule has 1 saturated carbocycles. The fraction of sp³-hybridized carbons (Fsp3) is 0.867. The third-order valence-corrected chi connectivity index (χ3v) is 53.3. The Bertz CT molecular complexity index is 543. The molecule has 0 spiro atoms. The molecule has 2 aliphatic carbocycles. The summed E-state index contributed by atoms with van der Waals surface area (Å²) in [4.78, 5) is 0. The van der Waals surface area contributed by atoms with E-state index < -0.39 is 13.1 Å². The maximum Gasteiger partial charge on any atom is 0.0947 e. The van der Waals surface area contributed by atoms with E-state index in [1.54, 1.807) is 0 Å². The minimum atomic E-state index is -0.537. The maximum atomic E-state index is 11.5. The van der Waals surface area contributed by atoms with Gasteiger partial charge in [0.1, 0.15) is 0 Å². The van der Waals surface area contributed by atoms with Crippen molar-refractivity contribution in [2.24, 2.45) is 17.3 Å². The monoisotopic (exact) mass is 558 g/mol. The smallest absolute Gasteiger partial charge is 0.0947 e. The van der Waals surface area contributed by atoms with E-state index in [0.717, 1.165) is 33.6 Å². The number of rotatable bonds is 6. The van der Waals surface area contributed by atoms with Crippen molar-refractivity contribution in [1.82, 2.24) is 0 Å². The molecule has 12 atom stereocenters. The zero-order valence-corrected chi connectivity index (χ0v) is 27.0. The lowest BCUT2D eigenvalue weighted by Gasteiger charge is -2.38. The van der Waals surface area contributed by atoms with Crippen molar-refractivity contribution >= 4 is 81.1 Å². The number of fused-ring (bicyclic) bond motifs is 2. The van der Waals surface area contributed by atoms with Crippen molar-refractivity contribution in [3.63, 3.8) is 0 Å². The number of allylic oxidation sites excluding steroid dienone is 1. The quantitative estimate of drug-likeness (QED) is 0.261. The van der Waals surface area contributed by atoms with Gasteiger partial charge in [0.2, 0.25) is 0 Å². The summed E-state index contributed by atoms with van der Waals surface area (Å²) in [6, 6.07) is 0. The average Bonchev–Trinajstić information content (AvgIpc) is 2.81. The largest absolute Gasteiger partial charge is 0.390 e. The Morgan fingerprint density at radius 2 is 1.85 bits per heavy atom. The molecule has 2 bridgehead atoms. The number of hydrogen-bond donors (Lipinski definition) is 1. The predicted molar refractivity (Wildman–Crippen MR) is 153 cm³/mol. The van der Waals surface area contributed by atoms with Crippen LogP contribution in [0.25, 0.3) is 0 Å². The molecule has 0 saturated heterocycles. The molecule has 158 valence electrons. The van der Waals surface area contributed by atoms with E-state index in [1.807, 2.05) is 0 Å². The lowest BCUT2D eigenvalue weighted by atomic mass is 9.77. The van der Waals surface area contributed by atoms with Crippen LogP contribution in [0.4, 0.5) is 0 Å². The van der Waals surface area contributed by atoms with Crippen LogP contribution < -0.4 is 0 Å². The van der Waals surface area contributed by atoms with Gasteiger partial charge in [-0.25, -0.2) is 0 Å². The highest BCUT2D eigenvalue weighted by Gasteiger charge is 2.51. The van der Waals surface area contributed by atoms with E-state index in [1.165, 1.54) is 5.57 Å². The van der Waals surface area contributed by atoms with Gasteiger partial charge in [-0.15, -0.1) is 44.6 Å². The highest BCUT2D eigenvalue weighted by molar-refractivity contribution is 9.10. The highest BCUT2D eigenvalue weighted by atomic mass is 33.1. The average molecular weight is 558 g/mol. The van der Waals surface area contributed by atoms with Gasteiger partial charge < -0.3 is 9.63 Å². The van der Waals surface area contributed by atoms with E-state index in [2.05, 4.69) is 78.4 Å². The maximum absolute atomic E-state index is 11.5. The number of hydrogen-bond acceptors (Lipinski definition) is 2. The summed E-state index contributed by atoms with van der Waals surface area (Å²) >= 11 is 0. The van der Waals surface area contributed by atoms with Crippen molar-refractivity contribution in [1.29, 1.82) is 0 Å². The lowest BCUT2D eigenvalue weighted by Crippen LogP contribution is -2.36. The van der Waals surface area contributed by atoms with E-state index in [-0.39, 0.29) is 38.4 Å². The van der Waals surface area contributed by atoms with E-state index in [9.17, 15) is 5.11 Å². The first-order chi connectivity index (χ1) is 12.4. The predicted octanol–water partition coefficient (Wildman–Crippen LogP) is 9.05. The first-order valence-electron chi connectivity index (χ1n) is 9.12. The van der Waals surface area contributed by atoms with Crippen LogP contribution >= 0.6 is 81.1 Å². The van der Waals surface area contributed by atoms with Crippen LogP contribution in [0.3, 0.4) is 0 Å². The second-order valence-electron chi connectivity index (χ2n) is 8.52. The van der Waals surface area contributed by atoms with Crippen molar-refractivity contribution in [3.8, 4) is 0 Å². The van der Waals surface area contributed by atoms with Gasteiger partial charge in [0, 0.05) is 6.99 Å². The summed E-state index contributed by atoms with van der Waals surface area (Å²) in [6.45, 7) is 8.69. The summed E-state index contributed by atoms with van der Waals surface area (Å²) in [6.07, 6.45) is 6.45.